The lowest BCUT2D eigenvalue weighted by Crippen LogP contribution is -2.14. The maximum atomic E-state index is 12.9. The number of hydrogen-bond acceptors (Lipinski definition) is 6. The van der Waals surface area contributed by atoms with Gasteiger partial charge in [0.2, 0.25) is 5.91 Å². The van der Waals surface area contributed by atoms with Crippen molar-refractivity contribution in [2.75, 3.05) is 17.7 Å². The Bertz CT molecular complexity index is 1030. The van der Waals surface area contributed by atoms with Gasteiger partial charge in [0.15, 0.2) is 0 Å². The van der Waals surface area contributed by atoms with Gasteiger partial charge in [-0.3, -0.25) is 9.59 Å². The molecular weight excluding hydrogens is 390 g/mol. The van der Waals surface area contributed by atoms with Crippen LogP contribution in [0.4, 0.5) is 11.4 Å². The van der Waals surface area contributed by atoms with Crippen molar-refractivity contribution < 1.29 is 18.8 Å². The van der Waals surface area contributed by atoms with Crippen LogP contribution in [0.1, 0.15) is 28.7 Å². The first kappa shape index (κ1) is 20.5. The van der Waals surface area contributed by atoms with E-state index in [1.165, 1.54) is 25.8 Å². The van der Waals surface area contributed by atoms with Gasteiger partial charge in [0, 0.05) is 23.6 Å². The van der Waals surface area contributed by atoms with E-state index in [0.717, 1.165) is 16.3 Å². The van der Waals surface area contributed by atoms with Crippen molar-refractivity contribution in [2.24, 2.45) is 0 Å². The summed E-state index contributed by atoms with van der Waals surface area (Å²) in [6, 6.07) is 14.3. The Morgan fingerprint density at radius 3 is 2.62 bits per heavy atom. The summed E-state index contributed by atoms with van der Waals surface area (Å²) in [7, 11) is 1.52. The number of aryl methyl sites for hydroxylation is 1. The molecule has 29 heavy (non-hydrogen) atoms. The summed E-state index contributed by atoms with van der Waals surface area (Å²) >= 11 is 1.50. The highest BCUT2D eigenvalue weighted by Gasteiger charge is 2.14. The summed E-state index contributed by atoms with van der Waals surface area (Å²) in [6.45, 7) is 3.28. The Labute approximate surface area is 172 Å². The zero-order valence-electron chi connectivity index (χ0n) is 16.3. The average molecular weight is 411 g/mol. The van der Waals surface area contributed by atoms with Crippen LogP contribution in [0.25, 0.3) is 0 Å². The van der Waals surface area contributed by atoms with Gasteiger partial charge in [-0.05, 0) is 37.3 Å². The molecule has 0 aliphatic rings. The summed E-state index contributed by atoms with van der Waals surface area (Å²) in [5.74, 6) is 1.35. The highest BCUT2D eigenvalue weighted by atomic mass is 32.2. The number of benzene rings is 2. The fourth-order valence-electron chi connectivity index (χ4n) is 2.68. The fraction of sp³-hybridized carbons (Fsp3) is 0.190. The van der Waals surface area contributed by atoms with E-state index in [1.807, 2.05) is 31.2 Å². The molecule has 1 aromatic heterocycles. The van der Waals surface area contributed by atoms with Gasteiger partial charge in [-0.25, -0.2) is 0 Å². The van der Waals surface area contributed by atoms with Crippen LogP contribution < -0.4 is 15.4 Å². The van der Waals surface area contributed by atoms with Crippen molar-refractivity contribution in [1.29, 1.82) is 0 Å². The van der Waals surface area contributed by atoms with Gasteiger partial charge in [0.05, 0.1) is 29.8 Å². The molecule has 0 aliphatic heterocycles. The first-order valence-electron chi connectivity index (χ1n) is 8.87. The Morgan fingerprint density at radius 1 is 1.14 bits per heavy atom. The largest absolute Gasteiger partial charge is 0.495 e. The number of nitrogens with zero attached hydrogens (tertiary/aromatic N) is 1. The van der Waals surface area contributed by atoms with Crippen molar-refractivity contribution in [3.8, 4) is 5.75 Å². The predicted molar refractivity (Wildman–Crippen MR) is 112 cm³/mol. The number of anilines is 2. The monoisotopic (exact) mass is 411 g/mol. The molecule has 7 nitrogen and oxygen atoms in total. The predicted octanol–water partition coefficient (Wildman–Crippen LogP) is 4.49. The summed E-state index contributed by atoms with van der Waals surface area (Å²) in [5.41, 5.74) is 2.40. The molecule has 0 saturated carbocycles. The molecule has 8 heteroatoms. The van der Waals surface area contributed by atoms with Gasteiger partial charge >= 0.3 is 0 Å². The quantitative estimate of drug-likeness (QED) is 0.556. The minimum absolute atomic E-state index is 0.226. The number of thioether (sulfide) groups is 1. The van der Waals surface area contributed by atoms with Crippen molar-refractivity contribution >= 4 is 35.0 Å². The molecule has 3 rings (SSSR count). The lowest BCUT2D eigenvalue weighted by molar-refractivity contribution is -0.114. The second-order valence-corrected chi connectivity index (χ2v) is 7.29. The third-order valence-electron chi connectivity index (χ3n) is 3.95. The number of hydrogen-bond donors (Lipinski definition) is 2. The highest BCUT2D eigenvalue weighted by molar-refractivity contribution is 7.98. The van der Waals surface area contributed by atoms with Crippen molar-refractivity contribution in [1.82, 2.24) is 5.16 Å². The summed E-state index contributed by atoms with van der Waals surface area (Å²) in [5, 5.41) is 9.44. The van der Waals surface area contributed by atoms with E-state index in [1.54, 1.807) is 24.3 Å². The van der Waals surface area contributed by atoms with Crippen molar-refractivity contribution in [3.63, 3.8) is 0 Å². The number of ether oxygens (including phenoxy) is 1. The molecular formula is C21H21N3O4S. The van der Waals surface area contributed by atoms with E-state index >= 15 is 0 Å². The van der Waals surface area contributed by atoms with Gasteiger partial charge in [0.1, 0.15) is 11.5 Å². The third kappa shape index (κ3) is 5.39. The molecule has 2 N–H and O–H groups in total. The SMILES string of the molecule is COc1ccc(NC(=O)c2ccccc2SCc2cc(C)no2)cc1NC(C)=O. The molecule has 150 valence electrons. The second kappa shape index (κ2) is 9.29. The van der Waals surface area contributed by atoms with E-state index in [-0.39, 0.29) is 11.8 Å². The van der Waals surface area contributed by atoms with Crippen LogP contribution in [0, 0.1) is 6.92 Å². The summed E-state index contributed by atoms with van der Waals surface area (Å²) in [4.78, 5) is 25.1. The highest BCUT2D eigenvalue weighted by Crippen LogP contribution is 2.30. The van der Waals surface area contributed by atoms with Crippen LogP contribution >= 0.6 is 11.8 Å². The number of rotatable bonds is 7. The molecule has 0 atom stereocenters. The molecule has 0 spiro atoms. The molecule has 0 saturated heterocycles. The van der Waals surface area contributed by atoms with Crippen LogP contribution in [0.2, 0.25) is 0 Å². The lowest BCUT2D eigenvalue weighted by atomic mass is 10.2. The average Bonchev–Trinajstić information content (AvgIpc) is 3.11. The van der Waals surface area contributed by atoms with Gasteiger partial charge in [-0.15, -0.1) is 11.8 Å². The molecule has 2 amide bonds. The maximum Gasteiger partial charge on any atom is 0.256 e. The van der Waals surface area contributed by atoms with Crippen LogP contribution in [-0.4, -0.2) is 24.1 Å². The zero-order valence-corrected chi connectivity index (χ0v) is 17.1. The van der Waals surface area contributed by atoms with Crippen LogP contribution in [0.15, 0.2) is 57.9 Å². The number of nitrogens with one attached hydrogen (secondary N) is 2. The Balaban J connectivity index is 1.76. The van der Waals surface area contributed by atoms with E-state index in [4.69, 9.17) is 9.26 Å². The molecule has 2 aromatic carbocycles. The normalized spacial score (nSPS) is 10.4. The van der Waals surface area contributed by atoms with E-state index < -0.39 is 0 Å². The first-order valence-corrected chi connectivity index (χ1v) is 9.86. The molecule has 0 radical (unpaired) electrons. The molecule has 1 heterocycles. The van der Waals surface area contributed by atoms with Crippen LogP contribution in [0.3, 0.4) is 0 Å². The van der Waals surface area contributed by atoms with E-state index in [0.29, 0.717) is 28.4 Å². The van der Waals surface area contributed by atoms with Gasteiger partial charge < -0.3 is 19.9 Å². The zero-order chi connectivity index (χ0) is 20.8. The number of amides is 2. The Morgan fingerprint density at radius 2 is 1.93 bits per heavy atom. The molecule has 0 aliphatic carbocycles. The minimum Gasteiger partial charge on any atom is -0.495 e. The van der Waals surface area contributed by atoms with E-state index in [9.17, 15) is 9.59 Å². The maximum absolute atomic E-state index is 12.9. The minimum atomic E-state index is -0.249. The fourth-order valence-corrected chi connectivity index (χ4v) is 3.61. The van der Waals surface area contributed by atoms with Gasteiger partial charge in [-0.1, -0.05) is 17.3 Å². The molecule has 0 bridgehead atoms. The topological polar surface area (TPSA) is 93.5 Å². The van der Waals surface area contributed by atoms with Crippen molar-refractivity contribution in [2.45, 2.75) is 24.5 Å². The van der Waals surface area contributed by atoms with Crippen LogP contribution in [0.5, 0.6) is 5.75 Å². The lowest BCUT2D eigenvalue weighted by Gasteiger charge is -2.13. The molecule has 0 unspecified atom stereocenters. The summed E-state index contributed by atoms with van der Waals surface area (Å²) in [6.07, 6.45) is 0. The summed E-state index contributed by atoms with van der Waals surface area (Å²) < 4.78 is 10.5. The smallest absolute Gasteiger partial charge is 0.256 e. The number of methoxy groups -OCH3 is 1. The number of carbonyl (C=O) groups excluding carboxylic acids is 2. The number of carbonyl (C=O) groups is 2. The standard InChI is InChI=1S/C21H21N3O4S/c1-13-10-16(28-24-13)12-29-20-7-5-4-6-17(20)21(26)23-15-8-9-19(27-3)18(11-15)22-14(2)25/h4-11H,12H2,1-3H3,(H,22,25)(H,23,26). The molecule has 0 fully saturated rings. The third-order valence-corrected chi connectivity index (χ3v) is 5.04. The van der Waals surface area contributed by atoms with Crippen LogP contribution in [-0.2, 0) is 10.5 Å². The molecule has 3 aromatic rings. The Kier molecular flexibility index (Phi) is 6.56. The van der Waals surface area contributed by atoms with Crippen molar-refractivity contribution in [3.05, 3.63) is 65.5 Å². The number of aromatic nitrogens is 1. The Hall–Kier alpha value is -3.26. The van der Waals surface area contributed by atoms with E-state index in [2.05, 4.69) is 15.8 Å². The first-order chi connectivity index (χ1) is 14.0. The van der Waals surface area contributed by atoms with Gasteiger partial charge in [0.25, 0.3) is 5.91 Å². The second-order valence-electron chi connectivity index (χ2n) is 6.27. The van der Waals surface area contributed by atoms with Gasteiger partial charge in [-0.2, -0.15) is 0 Å².